The Hall–Kier alpha value is -3.14. The molecule has 0 aliphatic carbocycles. The molecule has 0 bridgehead atoms. The monoisotopic (exact) mass is 542 g/mol. The van der Waals surface area contributed by atoms with Crippen molar-refractivity contribution in [1.29, 1.82) is 0 Å². The maximum atomic E-state index is 5.62. The number of H-pyrrole nitrogens is 1. The van der Waals surface area contributed by atoms with Gasteiger partial charge in [-0.05, 0) is 31.5 Å². The Morgan fingerprint density at radius 2 is 1.81 bits per heavy atom. The van der Waals surface area contributed by atoms with Gasteiger partial charge in [-0.15, -0.1) is 24.0 Å². The molecule has 0 saturated heterocycles. The number of hydrogen-bond donors (Lipinski definition) is 3. The minimum Gasteiger partial charge on any atom is -0.444 e. The number of rotatable bonds is 7. The molecule has 2 aromatic heterocycles. The van der Waals surface area contributed by atoms with E-state index in [-0.39, 0.29) is 24.0 Å². The van der Waals surface area contributed by atoms with Crippen LogP contribution in [0, 0.1) is 6.92 Å². The van der Waals surface area contributed by atoms with Crippen molar-refractivity contribution in [2.45, 2.75) is 26.9 Å². The van der Waals surface area contributed by atoms with Gasteiger partial charge < -0.3 is 20.0 Å². The second-order valence-corrected chi connectivity index (χ2v) is 7.17. The maximum Gasteiger partial charge on any atom is 0.226 e. The number of benzene rings is 2. The lowest BCUT2D eigenvalue weighted by molar-refractivity contribution is 0.572. The first-order chi connectivity index (χ1) is 15.2. The molecule has 0 aliphatic heterocycles. The van der Waals surface area contributed by atoms with E-state index in [4.69, 9.17) is 4.42 Å². The van der Waals surface area contributed by atoms with Crippen LogP contribution in [-0.4, -0.2) is 27.5 Å². The number of halogens is 1. The summed E-state index contributed by atoms with van der Waals surface area (Å²) < 4.78 is 5.62. The van der Waals surface area contributed by atoms with Crippen molar-refractivity contribution in [3.8, 4) is 22.7 Å². The van der Waals surface area contributed by atoms with E-state index in [0.717, 1.165) is 34.9 Å². The van der Waals surface area contributed by atoms with Crippen LogP contribution in [0.2, 0.25) is 0 Å². The van der Waals surface area contributed by atoms with Gasteiger partial charge in [-0.1, -0.05) is 48.0 Å². The number of aromatic nitrogens is 3. The van der Waals surface area contributed by atoms with Crippen LogP contribution < -0.4 is 10.6 Å². The minimum absolute atomic E-state index is 0. The van der Waals surface area contributed by atoms with Gasteiger partial charge in [0.2, 0.25) is 5.89 Å². The zero-order valence-corrected chi connectivity index (χ0v) is 20.5. The number of imidazole rings is 1. The van der Waals surface area contributed by atoms with Gasteiger partial charge in [0, 0.05) is 12.1 Å². The van der Waals surface area contributed by atoms with Gasteiger partial charge in [0.25, 0.3) is 0 Å². The predicted octanol–water partition coefficient (Wildman–Crippen LogP) is 4.91. The summed E-state index contributed by atoms with van der Waals surface area (Å²) in [5.41, 5.74) is 5.03. The SMILES string of the molecule is CCNC(=NCc1coc(-c2ccc(C)cc2)n1)NCc1ncc(-c2ccccc2)[nH]1.I. The van der Waals surface area contributed by atoms with E-state index in [1.54, 1.807) is 6.26 Å². The fourth-order valence-electron chi connectivity index (χ4n) is 3.09. The summed E-state index contributed by atoms with van der Waals surface area (Å²) in [6.45, 7) is 5.79. The molecule has 7 nitrogen and oxygen atoms in total. The molecule has 0 saturated carbocycles. The molecule has 0 fully saturated rings. The van der Waals surface area contributed by atoms with Crippen LogP contribution in [0.4, 0.5) is 0 Å². The molecule has 2 aromatic carbocycles. The highest BCUT2D eigenvalue weighted by atomic mass is 127. The summed E-state index contributed by atoms with van der Waals surface area (Å²) in [5.74, 6) is 2.14. The smallest absolute Gasteiger partial charge is 0.226 e. The third-order valence-corrected chi connectivity index (χ3v) is 4.73. The number of nitrogens with zero attached hydrogens (tertiary/aromatic N) is 3. The molecule has 0 radical (unpaired) electrons. The number of guanidine groups is 1. The molecule has 0 amide bonds. The second-order valence-electron chi connectivity index (χ2n) is 7.17. The lowest BCUT2D eigenvalue weighted by Crippen LogP contribution is -2.37. The van der Waals surface area contributed by atoms with Crippen LogP contribution in [0.25, 0.3) is 22.7 Å². The van der Waals surface area contributed by atoms with E-state index in [2.05, 4.69) is 49.6 Å². The van der Waals surface area contributed by atoms with Crippen LogP contribution >= 0.6 is 24.0 Å². The van der Waals surface area contributed by atoms with E-state index in [0.29, 0.717) is 24.9 Å². The summed E-state index contributed by atoms with van der Waals surface area (Å²) in [6.07, 6.45) is 3.50. The van der Waals surface area contributed by atoms with Crippen molar-refractivity contribution in [3.63, 3.8) is 0 Å². The van der Waals surface area contributed by atoms with Gasteiger partial charge in [-0.2, -0.15) is 0 Å². The van der Waals surface area contributed by atoms with Crippen molar-refractivity contribution in [2.75, 3.05) is 6.54 Å². The zero-order valence-electron chi connectivity index (χ0n) is 18.1. The third kappa shape index (κ3) is 6.19. The Balaban J connectivity index is 0.00000289. The lowest BCUT2D eigenvalue weighted by Gasteiger charge is -2.09. The largest absolute Gasteiger partial charge is 0.444 e. The van der Waals surface area contributed by atoms with Crippen molar-refractivity contribution >= 4 is 29.9 Å². The molecule has 0 atom stereocenters. The highest BCUT2D eigenvalue weighted by Crippen LogP contribution is 2.19. The predicted molar refractivity (Wildman–Crippen MR) is 138 cm³/mol. The Bertz CT molecular complexity index is 1130. The number of aryl methyl sites for hydroxylation is 1. The highest BCUT2D eigenvalue weighted by molar-refractivity contribution is 14.0. The Morgan fingerprint density at radius 1 is 1.03 bits per heavy atom. The maximum absolute atomic E-state index is 5.62. The number of hydrogen-bond acceptors (Lipinski definition) is 4. The van der Waals surface area contributed by atoms with Gasteiger partial charge in [0.15, 0.2) is 5.96 Å². The fourth-order valence-corrected chi connectivity index (χ4v) is 3.09. The van der Waals surface area contributed by atoms with Gasteiger partial charge in [-0.3, -0.25) is 0 Å². The summed E-state index contributed by atoms with van der Waals surface area (Å²) in [5, 5.41) is 6.55. The second kappa shape index (κ2) is 11.5. The average Bonchev–Trinajstić information content (AvgIpc) is 3.47. The normalized spacial score (nSPS) is 11.1. The summed E-state index contributed by atoms with van der Waals surface area (Å²) in [7, 11) is 0. The van der Waals surface area contributed by atoms with E-state index in [1.165, 1.54) is 5.56 Å². The van der Waals surface area contributed by atoms with E-state index >= 15 is 0 Å². The van der Waals surface area contributed by atoms with Crippen LogP contribution in [0.5, 0.6) is 0 Å². The fraction of sp³-hybridized carbons (Fsp3) is 0.208. The number of nitrogens with one attached hydrogen (secondary N) is 3. The molecule has 0 spiro atoms. The van der Waals surface area contributed by atoms with Crippen LogP contribution in [0.3, 0.4) is 0 Å². The number of aromatic amines is 1. The summed E-state index contributed by atoms with van der Waals surface area (Å²) >= 11 is 0. The molecule has 8 heteroatoms. The van der Waals surface area contributed by atoms with Crippen LogP contribution in [0.15, 0.2) is 76.5 Å². The van der Waals surface area contributed by atoms with E-state index in [9.17, 15) is 0 Å². The zero-order chi connectivity index (χ0) is 21.5. The Morgan fingerprint density at radius 3 is 2.56 bits per heavy atom. The van der Waals surface area contributed by atoms with Crippen molar-refractivity contribution < 1.29 is 4.42 Å². The molecule has 4 rings (SSSR count). The first-order valence-electron chi connectivity index (χ1n) is 10.3. The Labute approximate surface area is 204 Å². The summed E-state index contributed by atoms with van der Waals surface area (Å²) in [6, 6.07) is 18.2. The quantitative estimate of drug-likeness (QED) is 0.175. The first kappa shape index (κ1) is 23.5. The first-order valence-corrected chi connectivity index (χ1v) is 10.3. The Kier molecular flexibility index (Phi) is 8.43. The summed E-state index contributed by atoms with van der Waals surface area (Å²) in [4.78, 5) is 17.0. The van der Waals surface area contributed by atoms with E-state index < -0.39 is 0 Å². The van der Waals surface area contributed by atoms with Crippen molar-refractivity contribution in [1.82, 2.24) is 25.6 Å². The highest BCUT2D eigenvalue weighted by Gasteiger charge is 2.08. The molecule has 32 heavy (non-hydrogen) atoms. The molecule has 4 aromatic rings. The topological polar surface area (TPSA) is 91.1 Å². The van der Waals surface area contributed by atoms with Gasteiger partial charge in [0.05, 0.1) is 25.0 Å². The molecule has 0 unspecified atom stereocenters. The molecule has 2 heterocycles. The average molecular weight is 542 g/mol. The minimum atomic E-state index is 0. The van der Waals surface area contributed by atoms with Gasteiger partial charge in [-0.25, -0.2) is 15.0 Å². The standard InChI is InChI=1S/C24H26N6O.HI/c1-3-25-24(28-15-22-26-14-21(30-22)18-7-5-4-6-8-18)27-13-20-16-31-23(29-20)19-11-9-17(2)10-12-19;/h4-12,14,16H,3,13,15H2,1-2H3,(H,26,30)(H2,25,27,28);1H. The lowest BCUT2D eigenvalue weighted by atomic mass is 10.1. The van der Waals surface area contributed by atoms with Crippen molar-refractivity contribution in [2.24, 2.45) is 4.99 Å². The van der Waals surface area contributed by atoms with Crippen molar-refractivity contribution in [3.05, 3.63) is 84.1 Å². The molecule has 166 valence electrons. The van der Waals surface area contributed by atoms with E-state index in [1.807, 2.05) is 55.6 Å². The molecule has 0 aliphatic rings. The molecular weight excluding hydrogens is 515 g/mol. The molecular formula is C24H27IN6O. The number of aliphatic imine (C=N–C) groups is 1. The van der Waals surface area contributed by atoms with Crippen LogP contribution in [0.1, 0.15) is 24.0 Å². The number of oxazole rings is 1. The van der Waals surface area contributed by atoms with Gasteiger partial charge in [0.1, 0.15) is 17.8 Å². The molecule has 3 N–H and O–H groups in total. The third-order valence-electron chi connectivity index (χ3n) is 4.73. The van der Waals surface area contributed by atoms with Crippen LogP contribution in [-0.2, 0) is 13.1 Å². The van der Waals surface area contributed by atoms with Gasteiger partial charge >= 0.3 is 0 Å².